The van der Waals surface area contributed by atoms with E-state index in [1.165, 1.54) is 12.8 Å². The zero-order chi connectivity index (χ0) is 17.3. The van der Waals surface area contributed by atoms with Crippen molar-refractivity contribution < 1.29 is 14.6 Å². The van der Waals surface area contributed by atoms with E-state index in [2.05, 4.69) is 24.1 Å². The number of piperidine rings is 1. The first kappa shape index (κ1) is 18.5. The molecule has 3 atom stereocenters. The minimum atomic E-state index is -0.485. The average molecular weight is 326 g/mol. The molecule has 1 amide bonds. The predicted octanol–water partition coefficient (Wildman–Crippen LogP) is 2.92. The van der Waals surface area contributed by atoms with Crippen molar-refractivity contribution in [3.05, 3.63) is 0 Å². The summed E-state index contributed by atoms with van der Waals surface area (Å²) in [6.45, 7) is 12.3. The summed E-state index contributed by atoms with van der Waals surface area (Å²) in [7, 11) is 0. The van der Waals surface area contributed by atoms with E-state index in [0.717, 1.165) is 32.4 Å². The van der Waals surface area contributed by atoms with Gasteiger partial charge in [0.05, 0.1) is 6.10 Å². The van der Waals surface area contributed by atoms with E-state index in [1.807, 2.05) is 20.8 Å². The molecule has 0 bridgehead atoms. The van der Waals surface area contributed by atoms with Crippen molar-refractivity contribution in [2.24, 2.45) is 5.41 Å². The van der Waals surface area contributed by atoms with Crippen molar-refractivity contribution in [1.82, 2.24) is 10.2 Å². The standard InChI is InChI=1S/C18H34N2O3/c1-17(2,3)23-16(22)19-14-8-7-13(21)11-15(14)20-10-6-9-18(4,5)12-20/h13-15,21H,6-12H2,1-5H3,(H,19,22). The van der Waals surface area contributed by atoms with Crippen LogP contribution in [0.25, 0.3) is 0 Å². The number of ether oxygens (including phenoxy) is 1. The lowest BCUT2D eigenvalue weighted by Gasteiger charge is -2.47. The fourth-order valence-electron chi connectivity index (χ4n) is 3.91. The van der Waals surface area contributed by atoms with Gasteiger partial charge in [0.15, 0.2) is 0 Å². The average Bonchev–Trinajstić information content (AvgIpc) is 2.37. The summed E-state index contributed by atoms with van der Waals surface area (Å²) in [5.41, 5.74) is -0.183. The molecule has 5 nitrogen and oxygen atoms in total. The highest BCUT2D eigenvalue weighted by atomic mass is 16.6. The second kappa shape index (κ2) is 6.98. The third-order valence-corrected chi connectivity index (χ3v) is 4.89. The lowest BCUT2D eigenvalue weighted by molar-refractivity contribution is -0.00104. The van der Waals surface area contributed by atoms with Crippen LogP contribution in [0.5, 0.6) is 0 Å². The Bertz CT molecular complexity index is 417. The molecule has 1 saturated heterocycles. The first-order chi connectivity index (χ1) is 10.6. The van der Waals surface area contributed by atoms with Gasteiger partial charge in [0, 0.05) is 18.6 Å². The van der Waals surface area contributed by atoms with Gasteiger partial charge in [0.25, 0.3) is 0 Å². The molecule has 2 fully saturated rings. The molecule has 1 aliphatic carbocycles. The Labute approximate surface area is 140 Å². The van der Waals surface area contributed by atoms with Crippen LogP contribution in [-0.4, -0.2) is 53.0 Å². The molecular weight excluding hydrogens is 292 g/mol. The molecule has 0 aromatic carbocycles. The van der Waals surface area contributed by atoms with E-state index in [0.29, 0.717) is 5.41 Å². The zero-order valence-corrected chi connectivity index (χ0v) is 15.4. The lowest BCUT2D eigenvalue weighted by Crippen LogP contribution is -2.58. The number of aliphatic hydroxyl groups excluding tert-OH is 1. The number of amides is 1. The molecule has 2 N–H and O–H groups in total. The zero-order valence-electron chi connectivity index (χ0n) is 15.4. The Hall–Kier alpha value is -0.810. The summed E-state index contributed by atoms with van der Waals surface area (Å²) in [5.74, 6) is 0. The molecule has 0 aromatic heterocycles. The van der Waals surface area contributed by atoms with Gasteiger partial charge < -0.3 is 15.2 Å². The second-order valence-electron chi connectivity index (χ2n) is 9.03. The molecule has 0 spiro atoms. The number of nitrogens with one attached hydrogen (secondary N) is 1. The maximum atomic E-state index is 12.1. The van der Waals surface area contributed by atoms with Gasteiger partial charge in [-0.25, -0.2) is 4.79 Å². The van der Waals surface area contributed by atoms with Crippen LogP contribution in [0.4, 0.5) is 4.79 Å². The molecule has 1 saturated carbocycles. The number of carbonyl (C=O) groups excluding carboxylic acids is 1. The fourth-order valence-corrected chi connectivity index (χ4v) is 3.91. The topological polar surface area (TPSA) is 61.8 Å². The summed E-state index contributed by atoms with van der Waals surface area (Å²) >= 11 is 0. The molecule has 5 heteroatoms. The molecule has 2 rings (SSSR count). The van der Waals surface area contributed by atoms with Crippen LogP contribution in [0.2, 0.25) is 0 Å². The van der Waals surface area contributed by atoms with Gasteiger partial charge in [-0.05, 0) is 64.8 Å². The molecule has 0 radical (unpaired) electrons. The van der Waals surface area contributed by atoms with Crippen LogP contribution < -0.4 is 5.32 Å². The minimum Gasteiger partial charge on any atom is -0.444 e. The molecular formula is C18H34N2O3. The molecule has 1 aliphatic heterocycles. The van der Waals surface area contributed by atoms with Gasteiger partial charge in [-0.15, -0.1) is 0 Å². The number of alkyl carbamates (subject to hydrolysis) is 1. The highest BCUT2D eigenvalue weighted by Gasteiger charge is 2.38. The molecule has 0 aromatic rings. The van der Waals surface area contributed by atoms with Crippen LogP contribution >= 0.6 is 0 Å². The number of aliphatic hydroxyl groups is 1. The van der Waals surface area contributed by atoms with E-state index in [1.54, 1.807) is 0 Å². The Balaban J connectivity index is 2.02. The fraction of sp³-hybridized carbons (Fsp3) is 0.944. The summed E-state index contributed by atoms with van der Waals surface area (Å²) in [6.07, 6.45) is 4.09. The smallest absolute Gasteiger partial charge is 0.407 e. The summed E-state index contributed by atoms with van der Waals surface area (Å²) < 4.78 is 5.41. The Morgan fingerprint density at radius 1 is 1.30 bits per heavy atom. The number of carbonyl (C=O) groups is 1. The normalized spacial score (nSPS) is 32.3. The van der Waals surface area contributed by atoms with E-state index >= 15 is 0 Å². The minimum absolute atomic E-state index is 0.0575. The van der Waals surface area contributed by atoms with E-state index < -0.39 is 5.60 Å². The van der Waals surface area contributed by atoms with Crippen molar-refractivity contribution in [2.75, 3.05) is 13.1 Å². The number of rotatable bonds is 2. The number of hydrogen-bond acceptors (Lipinski definition) is 4. The SMILES string of the molecule is CC1(C)CCCN(C2CC(O)CCC2NC(=O)OC(C)(C)C)C1. The van der Waals surface area contributed by atoms with Crippen LogP contribution in [0.3, 0.4) is 0 Å². The Morgan fingerprint density at radius 2 is 2.00 bits per heavy atom. The van der Waals surface area contributed by atoms with Crippen LogP contribution in [0.1, 0.15) is 66.7 Å². The van der Waals surface area contributed by atoms with Crippen molar-refractivity contribution >= 4 is 6.09 Å². The number of hydrogen-bond donors (Lipinski definition) is 2. The van der Waals surface area contributed by atoms with E-state index in [9.17, 15) is 9.90 Å². The van der Waals surface area contributed by atoms with E-state index in [4.69, 9.17) is 4.74 Å². The number of likely N-dealkylation sites (tertiary alicyclic amines) is 1. The number of nitrogens with zero attached hydrogens (tertiary/aromatic N) is 1. The highest BCUT2D eigenvalue weighted by molar-refractivity contribution is 5.68. The summed E-state index contributed by atoms with van der Waals surface area (Å²) in [4.78, 5) is 14.6. The summed E-state index contributed by atoms with van der Waals surface area (Å²) in [6, 6.07) is 0.257. The van der Waals surface area contributed by atoms with Gasteiger partial charge in [0.2, 0.25) is 0 Å². The van der Waals surface area contributed by atoms with Gasteiger partial charge in [-0.1, -0.05) is 13.8 Å². The van der Waals surface area contributed by atoms with Crippen LogP contribution in [0.15, 0.2) is 0 Å². The quantitative estimate of drug-likeness (QED) is 0.819. The first-order valence-electron chi connectivity index (χ1n) is 8.97. The van der Waals surface area contributed by atoms with E-state index in [-0.39, 0.29) is 24.3 Å². The predicted molar refractivity (Wildman–Crippen MR) is 91.4 cm³/mol. The van der Waals surface area contributed by atoms with Crippen LogP contribution in [-0.2, 0) is 4.74 Å². The third kappa shape index (κ3) is 5.64. The maximum absolute atomic E-state index is 12.1. The van der Waals surface area contributed by atoms with Crippen LogP contribution in [0, 0.1) is 5.41 Å². The molecule has 2 aliphatic rings. The van der Waals surface area contributed by atoms with Crippen molar-refractivity contribution in [2.45, 2.75) is 90.5 Å². The van der Waals surface area contributed by atoms with Gasteiger partial charge in [0.1, 0.15) is 5.60 Å². The monoisotopic (exact) mass is 326 g/mol. The second-order valence-corrected chi connectivity index (χ2v) is 9.03. The third-order valence-electron chi connectivity index (χ3n) is 4.89. The van der Waals surface area contributed by atoms with Crippen molar-refractivity contribution in [3.8, 4) is 0 Å². The molecule has 1 heterocycles. The van der Waals surface area contributed by atoms with Gasteiger partial charge in [-0.2, -0.15) is 0 Å². The first-order valence-corrected chi connectivity index (χ1v) is 8.97. The van der Waals surface area contributed by atoms with Gasteiger partial charge in [-0.3, -0.25) is 4.90 Å². The Morgan fingerprint density at radius 3 is 2.61 bits per heavy atom. The van der Waals surface area contributed by atoms with Crippen molar-refractivity contribution in [1.29, 1.82) is 0 Å². The lowest BCUT2D eigenvalue weighted by atomic mass is 9.80. The van der Waals surface area contributed by atoms with Gasteiger partial charge >= 0.3 is 6.09 Å². The highest BCUT2D eigenvalue weighted by Crippen LogP contribution is 2.33. The summed E-state index contributed by atoms with van der Waals surface area (Å²) in [5, 5.41) is 13.2. The Kier molecular flexibility index (Phi) is 5.62. The molecule has 3 unspecified atom stereocenters. The molecule has 23 heavy (non-hydrogen) atoms. The molecule has 134 valence electrons. The van der Waals surface area contributed by atoms with Crippen molar-refractivity contribution in [3.63, 3.8) is 0 Å². The maximum Gasteiger partial charge on any atom is 0.407 e. The largest absolute Gasteiger partial charge is 0.444 e.